The van der Waals surface area contributed by atoms with Crippen molar-refractivity contribution >= 4 is 23.6 Å². The van der Waals surface area contributed by atoms with E-state index in [1.165, 1.54) is 4.90 Å². The number of rotatable bonds is 5. The number of carbonyl (C=O) groups is 3. The summed E-state index contributed by atoms with van der Waals surface area (Å²) < 4.78 is 5.11. The molecule has 138 valence electrons. The van der Waals surface area contributed by atoms with Crippen molar-refractivity contribution in [2.75, 3.05) is 19.4 Å². The molecule has 0 spiro atoms. The summed E-state index contributed by atoms with van der Waals surface area (Å²) in [7, 11) is 3.41. The predicted octanol–water partition coefficient (Wildman–Crippen LogP) is 2.17. The quantitative estimate of drug-likeness (QED) is 0.853. The lowest BCUT2D eigenvalue weighted by atomic mass is 10.1. The molecule has 0 radical (unpaired) electrons. The van der Waals surface area contributed by atoms with E-state index < -0.39 is 17.7 Å². The number of hydrogen-bond donors (Lipinski definition) is 2. The molecule has 1 rings (SSSR count). The van der Waals surface area contributed by atoms with Crippen molar-refractivity contribution in [3.63, 3.8) is 0 Å². The number of likely N-dealkylation sites (N-methyl/N-ethyl adjacent to an activating group) is 1. The average molecular weight is 349 g/mol. The molecule has 1 atom stereocenters. The normalized spacial score (nSPS) is 12.1. The Morgan fingerprint density at radius 3 is 2.16 bits per heavy atom. The summed E-state index contributed by atoms with van der Waals surface area (Å²) in [5.74, 6) is -0.352. The first kappa shape index (κ1) is 20.5. The zero-order valence-corrected chi connectivity index (χ0v) is 15.7. The Morgan fingerprint density at radius 2 is 1.68 bits per heavy atom. The molecule has 25 heavy (non-hydrogen) atoms. The Labute approximate surface area is 148 Å². The first-order chi connectivity index (χ1) is 11.5. The summed E-state index contributed by atoms with van der Waals surface area (Å²) in [4.78, 5) is 37.0. The summed E-state index contributed by atoms with van der Waals surface area (Å²) in [5.41, 5.74) is 0.820. The van der Waals surface area contributed by atoms with E-state index in [-0.39, 0.29) is 11.8 Å². The molecule has 3 amide bonds. The zero-order chi connectivity index (χ0) is 19.2. The van der Waals surface area contributed by atoms with Crippen LogP contribution in [0.1, 0.15) is 33.3 Å². The van der Waals surface area contributed by atoms with Crippen molar-refractivity contribution in [2.24, 2.45) is 0 Å². The smallest absolute Gasteiger partial charge is 0.408 e. The van der Waals surface area contributed by atoms with Gasteiger partial charge in [0.25, 0.3) is 0 Å². The number of alkyl carbamates (subject to hydrolysis) is 1. The van der Waals surface area contributed by atoms with Gasteiger partial charge < -0.3 is 20.3 Å². The third kappa shape index (κ3) is 7.69. The van der Waals surface area contributed by atoms with Crippen molar-refractivity contribution in [3.05, 3.63) is 29.8 Å². The largest absolute Gasteiger partial charge is 0.444 e. The highest BCUT2D eigenvalue weighted by atomic mass is 16.6. The lowest BCUT2D eigenvalue weighted by Crippen LogP contribution is -2.43. The van der Waals surface area contributed by atoms with Crippen LogP contribution in [-0.4, -0.2) is 48.5 Å². The molecule has 0 aromatic heterocycles. The van der Waals surface area contributed by atoms with Crippen LogP contribution < -0.4 is 10.6 Å². The Hall–Kier alpha value is -2.57. The van der Waals surface area contributed by atoms with Crippen LogP contribution in [0.2, 0.25) is 0 Å². The molecule has 0 aliphatic rings. The van der Waals surface area contributed by atoms with Crippen LogP contribution in [0.25, 0.3) is 0 Å². The van der Waals surface area contributed by atoms with E-state index in [1.807, 2.05) is 0 Å². The van der Waals surface area contributed by atoms with Gasteiger partial charge in [0.05, 0.1) is 6.42 Å². The first-order valence-corrected chi connectivity index (χ1v) is 8.07. The van der Waals surface area contributed by atoms with Gasteiger partial charge in [-0.15, -0.1) is 0 Å². The lowest BCUT2D eigenvalue weighted by molar-refractivity contribution is -0.128. The molecule has 0 saturated carbocycles. The molecule has 7 heteroatoms. The predicted molar refractivity (Wildman–Crippen MR) is 96.3 cm³/mol. The highest BCUT2D eigenvalue weighted by molar-refractivity contribution is 5.96. The van der Waals surface area contributed by atoms with Crippen molar-refractivity contribution in [1.29, 1.82) is 0 Å². The maximum atomic E-state index is 12.1. The number of anilines is 1. The fourth-order valence-corrected chi connectivity index (χ4v) is 1.84. The molecule has 2 N–H and O–H groups in total. The number of hydrogen-bond acceptors (Lipinski definition) is 4. The minimum Gasteiger partial charge on any atom is -0.444 e. The van der Waals surface area contributed by atoms with Gasteiger partial charge >= 0.3 is 6.09 Å². The number of nitrogens with one attached hydrogen (secondary N) is 2. The standard InChI is InChI=1S/C18H27N3O4/c1-12(19-17(24)25-18(2,3)4)16(23)20-14-9-7-13(8-10-14)11-15(22)21(5)6/h7-10,12H,11H2,1-6H3,(H,19,24)(H,20,23)/t12-/m1/s1. The van der Waals surface area contributed by atoms with Gasteiger partial charge in [0, 0.05) is 19.8 Å². The third-order valence-electron chi connectivity index (χ3n) is 3.20. The number of amides is 3. The van der Waals surface area contributed by atoms with Gasteiger partial charge in [-0.25, -0.2) is 4.79 Å². The van der Waals surface area contributed by atoms with Crippen molar-refractivity contribution < 1.29 is 19.1 Å². The number of ether oxygens (including phenoxy) is 1. The van der Waals surface area contributed by atoms with Gasteiger partial charge in [-0.1, -0.05) is 12.1 Å². The second-order valence-electron chi connectivity index (χ2n) is 7.02. The average Bonchev–Trinajstić information content (AvgIpc) is 2.46. The van der Waals surface area contributed by atoms with Crippen LogP contribution in [0.15, 0.2) is 24.3 Å². The molecule has 0 bridgehead atoms. The minimum atomic E-state index is -0.746. The van der Waals surface area contributed by atoms with Crippen LogP contribution in [0.5, 0.6) is 0 Å². The summed E-state index contributed by atoms with van der Waals surface area (Å²) in [6.45, 7) is 6.82. The number of benzene rings is 1. The molecule has 0 aliphatic carbocycles. The molecule has 7 nitrogen and oxygen atoms in total. The Kier molecular flexibility index (Phi) is 6.97. The van der Waals surface area contributed by atoms with Crippen LogP contribution in [0.3, 0.4) is 0 Å². The highest BCUT2D eigenvalue weighted by Gasteiger charge is 2.21. The molecule has 1 aromatic rings. The fourth-order valence-electron chi connectivity index (χ4n) is 1.84. The Morgan fingerprint density at radius 1 is 1.12 bits per heavy atom. The van der Waals surface area contributed by atoms with Crippen molar-refractivity contribution in [1.82, 2.24) is 10.2 Å². The van der Waals surface area contributed by atoms with Crippen LogP contribution in [0, 0.1) is 0 Å². The van der Waals surface area contributed by atoms with E-state index in [1.54, 1.807) is 66.1 Å². The molecule has 0 saturated heterocycles. The van der Waals surface area contributed by atoms with Crippen LogP contribution in [0.4, 0.5) is 10.5 Å². The number of carbonyl (C=O) groups excluding carboxylic acids is 3. The molecular weight excluding hydrogens is 322 g/mol. The van der Waals surface area contributed by atoms with E-state index in [4.69, 9.17) is 4.74 Å². The molecule has 0 fully saturated rings. The van der Waals surface area contributed by atoms with Gasteiger partial charge in [0.15, 0.2) is 0 Å². The van der Waals surface area contributed by atoms with Crippen LogP contribution >= 0.6 is 0 Å². The molecular formula is C18H27N3O4. The summed E-state index contributed by atoms with van der Waals surface area (Å²) in [6.07, 6.45) is -0.342. The third-order valence-corrected chi connectivity index (χ3v) is 3.20. The van der Waals surface area contributed by atoms with E-state index in [9.17, 15) is 14.4 Å². The lowest BCUT2D eigenvalue weighted by Gasteiger charge is -2.21. The van der Waals surface area contributed by atoms with Gasteiger partial charge in [0.2, 0.25) is 11.8 Å². The number of nitrogens with zero attached hydrogens (tertiary/aromatic N) is 1. The van der Waals surface area contributed by atoms with Crippen LogP contribution in [-0.2, 0) is 20.7 Å². The molecule has 0 unspecified atom stereocenters. The fraction of sp³-hybridized carbons (Fsp3) is 0.500. The Bertz CT molecular complexity index is 618. The molecule has 1 aromatic carbocycles. The van der Waals surface area contributed by atoms with E-state index >= 15 is 0 Å². The SMILES string of the molecule is C[C@@H](NC(=O)OC(C)(C)C)C(=O)Nc1ccc(CC(=O)N(C)C)cc1. The van der Waals surface area contributed by atoms with E-state index in [0.717, 1.165) is 5.56 Å². The minimum absolute atomic E-state index is 0.00645. The Balaban J connectivity index is 2.56. The molecule has 0 heterocycles. The zero-order valence-electron chi connectivity index (χ0n) is 15.7. The monoisotopic (exact) mass is 349 g/mol. The summed E-state index contributed by atoms with van der Waals surface area (Å²) >= 11 is 0. The van der Waals surface area contributed by atoms with E-state index in [0.29, 0.717) is 12.1 Å². The maximum Gasteiger partial charge on any atom is 0.408 e. The van der Waals surface area contributed by atoms with Crippen molar-refractivity contribution in [2.45, 2.75) is 45.8 Å². The van der Waals surface area contributed by atoms with Gasteiger partial charge in [0.1, 0.15) is 11.6 Å². The second-order valence-corrected chi connectivity index (χ2v) is 7.02. The first-order valence-electron chi connectivity index (χ1n) is 8.07. The van der Waals surface area contributed by atoms with E-state index in [2.05, 4.69) is 10.6 Å². The van der Waals surface area contributed by atoms with Gasteiger partial charge in [-0.3, -0.25) is 9.59 Å². The van der Waals surface area contributed by atoms with Gasteiger partial charge in [-0.2, -0.15) is 0 Å². The van der Waals surface area contributed by atoms with Gasteiger partial charge in [-0.05, 0) is 45.4 Å². The highest BCUT2D eigenvalue weighted by Crippen LogP contribution is 2.11. The summed E-state index contributed by atoms with van der Waals surface area (Å²) in [5, 5.41) is 5.19. The van der Waals surface area contributed by atoms with Crippen molar-refractivity contribution in [3.8, 4) is 0 Å². The second kappa shape index (κ2) is 8.50. The topological polar surface area (TPSA) is 87.7 Å². The maximum absolute atomic E-state index is 12.1. The summed E-state index contributed by atoms with van der Waals surface area (Å²) in [6, 6.07) is 6.25. The molecule has 0 aliphatic heterocycles.